The van der Waals surface area contributed by atoms with Gasteiger partial charge in [-0.05, 0) is 18.2 Å². The highest BCUT2D eigenvalue weighted by Crippen LogP contribution is 2.19. The largest absolute Gasteiger partial charge is 0.383 e. The van der Waals surface area contributed by atoms with Crippen molar-refractivity contribution in [2.75, 3.05) is 13.7 Å². The fourth-order valence-corrected chi connectivity index (χ4v) is 1.38. The molecule has 6 heteroatoms. The van der Waals surface area contributed by atoms with Crippen LogP contribution < -0.4 is 5.73 Å². The molecule has 0 fully saturated rings. The van der Waals surface area contributed by atoms with Gasteiger partial charge in [0.25, 0.3) is 5.89 Å². The monoisotopic (exact) mass is 237 g/mol. The van der Waals surface area contributed by atoms with E-state index in [0.717, 1.165) is 0 Å². The summed E-state index contributed by atoms with van der Waals surface area (Å²) in [5.41, 5.74) is 6.26. The highest BCUT2D eigenvalue weighted by atomic mass is 19.1. The van der Waals surface area contributed by atoms with Crippen LogP contribution in [-0.4, -0.2) is 23.9 Å². The summed E-state index contributed by atoms with van der Waals surface area (Å²) in [6, 6.07) is 5.47. The quantitative estimate of drug-likeness (QED) is 0.872. The Morgan fingerprint density at radius 2 is 2.35 bits per heavy atom. The van der Waals surface area contributed by atoms with Crippen molar-refractivity contribution in [2.24, 2.45) is 5.73 Å². The molecular weight excluding hydrogens is 225 g/mol. The van der Waals surface area contributed by atoms with Crippen LogP contribution in [0.5, 0.6) is 0 Å². The van der Waals surface area contributed by atoms with Crippen molar-refractivity contribution in [1.29, 1.82) is 0 Å². The van der Waals surface area contributed by atoms with Gasteiger partial charge < -0.3 is 15.0 Å². The minimum absolute atomic E-state index is 0.242. The Morgan fingerprint density at radius 1 is 1.53 bits per heavy atom. The lowest BCUT2D eigenvalue weighted by Crippen LogP contribution is -2.17. The Kier molecular flexibility index (Phi) is 3.46. The fourth-order valence-electron chi connectivity index (χ4n) is 1.38. The van der Waals surface area contributed by atoms with Gasteiger partial charge in [0, 0.05) is 12.7 Å². The minimum Gasteiger partial charge on any atom is -0.383 e. The molecule has 0 amide bonds. The molecule has 0 aliphatic heterocycles. The zero-order chi connectivity index (χ0) is 12.3. The Balaban J connectivity index is 2.23. The van der Waals surface area contributed by atoms with Crippen LogP contribution in [0.25, 0.3) is 11.5 Å². The Labute approximate surface area is 97.4 Å². The van der Waals surface area contributed by atoms with Crippen LogP contribution in [0.4, 0.5) is 4.39 Å². The van der Waals surface area contributed by atoms with Crippen molar-refractivity contribution in [3.63, 3.8) is 0 Å². The van der Waals surface area contributed by atoms with E-state index < -0.39 is 6.04 Å². The second-order valence-electron chi connectivity index (χ2n) is 3.53. The van der Waals surface area contributed by atoms with Gasteiger partial charge in [-0.1, -0.05) is 11.2 Å². The first-order chi connectivity index (χ1) is 8.20. The average molecular weight is 237 g/mol. The molecule has 2 aromatic rings. The lowest BCUT2D eigenvalue weighted by Gasteiger charge is -2.03. The predicted molar refractivity (Wildman–Crippen MR) is 58.5 cm³/mol. The number of halogens is 1. The molecule has 90 valence electrons. The predicted octanol–water partition coefficient (Wildman–Crippen LogP) is 1.52. The molecule has 0 radical (unpaired) electrons. The summed E-state index contributed by atoms with van der Waals surface area (Å²) >= 11 is 0. The first-order valence-electron chi connectivity index (χ1n) is 5.05. The van der Waals surface area contributed by atoms with Crippen LogP contribution in [0.15, 0.2) is 28.8 Å². The molecule has 2 rings (SSSR count). The van der Waals surface area contributed by atoms with Gasteiger partial charge >= 0.3 is 0 Å². The van der Waals surface area contributed by atoms with Gasteiger partial charge in [0.15, 0.2) is 5.82 Å². The number of ether oxygens (including phenoxy) is 1. The van der Waals surface area contributed by atoms with Gasteiger partial charge in [0.05, 0.1) is 12.6 Å². The van der Waals surface area contributed by atoms with E-state index in [1.165, 1.54) is 19.2 Å². The number of nitrogens with zero attached hydrogens (tertiary/aromatic N) is 2. The molecule has 1 atom stereocenters. The number of nitrogens with two attached hydrogens (primary N) is 1. The number of hydrogen-bond donors (Lipinski definition) is 1. The summed E-state index contributed by atoms with van der Waals surface area (Å²) in [6.07, 6.45) is 0. The van der Waals surface area contributed by atoms with Crippen LogP contribution in [0, 0.1) is 5.82 Å². The maximum atomic E-state index is 13.0. The van der Waals surface area contributed by atoms with Crippen LogP contribution in [0.2, 0.25) is 0 Å². The van der Waals surface area contributed by atoms with E-state index in [9.17, 15) is 4.39 Å². The zero-order valence-electron chi connectivity index (χ0n) is 9.26. The number of hydrogen-bond acceptors (Lipinski definition) is 5. The third kappa shape index (κ3) is 2.66. The number of aromatic nitrogens is 2. The zero-order valence-corrected chi connectivity index (χ0v) is 9.26. The van der Waals surface area contributed by atoms with Gasteiger partial charge in [0.2, 0.25) is 0 Å². The van der Waals surface area contributed by atoms with E-state index in [1.54, 1.807) is 12.1 Å². The highest BCUT2D eigenvalue weighted by Gasteiger charge is 2.15. The van der Waals surface area contributed by atoms with Crippen LogP contribution in [0.1, 0.15) is 11.9 Å². The van der Waals surface area contributed by atoms with E-state index in [-0.39, 0.29) is 11.7 Å². The van der Waals surface area contributed by atoms with Gasteiger partial charge in [-0.2, -0.15) is 4.98 Å². The number of methoxy groups -OCH3 is 1. The Hall–Kier alpha value is -1.79. The van der Waals surface area contributed by atoms with Gasteiger partial charge in [-0.15, -0.1) is 0 Å². The second kappa shape index (κ2) is 5.03. The molecular formula is C11H12FN3O2. The third-order valence-electron chi connectivity index (χ3n) is 2.19. The fraction of sp³-hybridized carbons (Fsp3) is 0.273. The van der Waals surface area contributed by atoms with E-state index >= 15 is 0 Å². The standard InChI is InChI=1S/C11H12FN3O2/c1-16-6-9(13)10-14-11(17-15-10)7-3-2-4-8(12)5-7/h2-5,9H,6,13H2,1H3. The van der Waals surface area contributed by atoms with Gasteiger partial charge in [-0.3, -0.25) is 0 Å². The molecule has 0 aliphatic carbocycles. The van der Waals surface area contributed by atoms with E-state index in [4.69, 9.17) is 15.0 Å². The minimum atomic E-state index is -0.453. The molecule has 1 unspecified atom stereocenters. The Morgan fingerprint density at radius 3 is 3.06 bits per heavy atom. The van der Waals surface area contributed by atoms with E-state index in [1.807, 2.05) is 0 Å². The summed E-state index contributed by atoms with van der Waals surface area (Å²) < 4.78 is 22.9. The number of benzene rings is 1. The number of rotatable bonds is 4. The van der Waals surface area contributed by atoms with E-state index in [2.05, 4.69) is 10.1 Å². The maximum absolute atomic E-state index is 13.0. The summed E-state index contributed by atoms with van der Waals surface area (Å²) in [5, 5.41) is 3.73. The highest BCUT2D eigenvalue weighted by molar-refractivity contribution is 5.52. The van der Waals surface area contributed by atoms with Crippen LogP contribution in [0.3, 0.4) is 0 Å². The molecule has 1 aromatic heterocycles. The van der Waals surface area contributed by atoms with Crippen molar-refractivity contribution in [1.82, 2.24) is 10.1 Å². The van der Waals surface area contributed by atoms with Crippen molar-refractivity contribution in [2.45, 2.75) is 6.04 Å². The summed E-state index contributed by atoms with van der Waals surface area (Å²) in [7, 11) is 1.54. The second-order valence-corrected chi connectivity index (χ2v) is 3.53. The molecule has 0 bridgehead atoms. The molecule has 1 heterocycles. The molecule has 2 N–H and O–H groups in total. The smallest absolute Gasteiger partial charge is 0.258 e. The van der Waals surface area contributed by atoms with Crippen molar-refractivity contribution in [3.8, 4) is 11.5 Å². The maximum Gasteiger partial charge on any atom is 0.258 e. The van der Waals surface area contributed by atoms with Crippen molar-refractivity contribution in [3.05, 3.63) is 35.9 Å². The topological polar surface area (TPSA) is 74.2 Å². The lowest BCUT2D eigenvalue weighted by atomic mass is 10.2. The van der Waals surface area contributed by atoms with Crippen molar-refractivity contribution >= 4 is 0 Å². The summed E-state index contributed by atoms with van der Waals surface area (Å²) in [4.78, 5) is 4.09. The summed E-state index contributed by atoms with van der Waals surface area (Å²) in [5.74, 6) is 0.223. The average Bonchev–Trinajstić information content (AvgIpc) is 2.78. The first-order valence-corrected chi connectivity index (χ1v) is 5.05. The third-order valence-corrected chi connectivity index (χ3v) is 2.19. The molecule has 5 nitrogen and oxygen atoms in total. The lowest BCUT2D eigenvalue weighted by molar-refractivity contribution is 0.177. The van der Waals surface area contributed by atoms with Gasteiger partial charge in [0.1, 0.15) is 5.82 Å². The molecule has 0 saturated heterocycles. The van der Waals surface area contributed by atoms with Crippen LogP contribution in [-0.2, 0) is 4.74 Å². The molecule has 1 aromatic carbocycles. The SMILES string of the molecule is COCC(N)c1noc(-c2cccc(F)c2)n1. The molecule has 0 aliphatic rings. The molecule has 0 saturated carbocycles. The molecule has 0 spiro atoms. The first kappa shape index (κ1) is 11.7. The molecule has 17 heavy (non-hydrogen) atoms. The summed E-state index contributed by atoms with van der Waals surface area (Å²) in [6.45, 7) is 0.294. The Bertz CT molecular complexity index is 501. The van der Waals surface area contributed by atoms with Gasteiger partial charge in [-0.25, -0.2) is 4.39 Å². The van der Waals surface area contributed by atoms with Crippen molar-refractivity contribution < 1.29 is 13.7 Å². The normalized spacial score (nSPS) is 12.6. The van der Waals surface area contributed by atoms with Crippen LogP contribution >= 0.6 is 0 Å². The van der Waals surface area contributed by atoms with E-state index in [0.29, 0.717) is 18.0 Å².